The smallest absolute Gasteiger partial charge is 0 e. The van der Waals surface area contributed by atoms with Crippen molar-refractivity contribution in [3.8, 4) is 0 Å². The van der Waals surface area contributed by atoms with Crippen molar-refractivity contribution in [3.63, 3.8) is 0 Å². The van der Waals surface area contributed by atoms with Gasteiger partial charge in [0.05, 0.1) is 0 Å². The molecule has 3 radical (unpaired) electrons. The Kier molecular flexibility index (Phi) is 19.7. The summed E-state index contributed by atoms with van der Waals surface area (Å²) in [5.74, 6) is 0. The first-order chi connectivity index (χ1) is 4.41. The van der Waals surface area contributed by atoms with Crippen molar-refractivity contribution in [2.75, 3.05) is 0 Å². The summed E-state index contributed by atoms with van der Waals surface area (Å²) in [6.07, 6.45) is 5.84. The van der Waals surface area contributed by atoms with Crippen molar-refractivity contribution in [1.29, 1.82) is 0 Å². The van der Waals surface area contributed by atoms with Crippen molar-refractivity contribution in [1.82, 2.24) is 0 Å². The summed E-state index contributed by atoms with van der Waals surface area (Å²) >= 11 is 0.149. The third kappa shape index (κ3) is 12.7. The van der Waals surface area contributed by atoms with Gasteiger partial charge in [-0.2, -0.15) is 0 Å². The molecule has 0 saturated heterocycles. The van der Waals surface area contributed by atoms with Crippen LogP contribution in [0.25, 0.3) is 0 Å². The minimum Gasteiger partial charge on any atom is 0 e. The van der Waals surface area contributed by atoms with E-state index in [0.29, 0.717) is 0 Å². The molecule has 2 heteroatoms. The average Bonchev–Trinajstić information content (AvgIpc) is 1.89. The molecule has 0 spiro atoms. The van der Waals surface area contributed by atoms with E-state index in [1.165, 1.54) is 25.7 Å². The summed E-state index contributed by atoms with van der Waals surface area (Å²) < 4.78 is 3.25. The molecule has 0 unspecified atom stereocenters. The topological polar surface area (TPSA) is 0 Å². The van der Waals surface area contributed by atoms with E-state index in [-0.39, 0.29) is 56.7 Å². The van der Waals surface area contributed by atoms with Gasteiger partial charge in [0.25, 0.3) is 0 Å². The molecule has 0 aromatic carbocycles. The second kappa shape index (κ2) is 13.6. The zero-order chi connectivity index (χ0) is 6.95. The Morgan fingerprint density at radius 3 is 1.60 bits per heavy atom. The molecule has 0 N–H and O–H groups in total. The zero-order valence-corrected chi connectivity index (χ0v) is 13.8. The molecule has 0 aromatic rings. The molecular formula is C8H18LaSn. The predicted octanol–water partition coefficient (Wildman–Crippen LogP) is 3.13. The van der Waals surface area contributed by atoms with Crippen LogP contribution in [0.15, 0.2) is 0 Å². The van der Waals surface area contributed by atoms with E-state index >= 15 is 0 Å². The van der Waals surface area contributed by atoms with E-state index in [0.717, 1.165) is 0 Å². The Morgan fingerprint density at radius 1 is 0.900 bits per heavy atom. The van der Waals surface area contributed by atoms with Gasteiger partial charge in [-0.05, 0) is 0 Å². The quantitative estimate of drug-likeness (QED) is 0.497. The summed E-state index contributed by atoms with van der Waals surface area (Å²) in [5, 5.41) is 0. The molecule has 0 rings (SSSR count). The van der Waals surface area contributed by atoms with Crippen LogP contribution in [0.3, 0.4) is 0 Å². The molecule has 0 amide bonds. The second-order valence-electron chi connectivity index (χ2n) is 2.46. The van der Waals surface area contributed by atoms with Crippen LogP contribution in [0.5, 0.6) is 0 Å². The van der Waals surface area contributed by atoms with Gasteiger partial charge in [0.2, 0.25) is 0 Å². The van der Waals surface area contributed by atoms with Crippen molar-refractivity contribution in [2.45, 2.75) is 48.4 Å². The summed E-state index contributed by atoms with van der Waals surface area (Å²) in [7, 11) is 0. The zero-order valence-electron chi connectivity index (χ0n) is 7.32. The van der Waals surface area contributed by atoms with Gasteiger partial charge in [-0.3, -0.25) is 0 Å². The SMILES string of the molecule is CCC[CH2][Sn][CH2]CCC.[La]. The van der Waals surface area contributed by atoms with Gasteiger partial charge < -0.3 is 0 Å². The van der Waals surface area contributed by atoms with Gasteiger partial charge in [0.15, 0.2) is 0 Å². The first kappa shape index (κ1) is 14.5. The molecule has 0 aliphatic carbocycles. The maximum atomic E-state index is 2.29. The summed E-state index contributed by atoms with van der Waals surface area (Å²) in [6.45, 7) is 4.58. The van der Waals surface area contributed by atoms with E-state index in [1.54, 1.807) is 8.87 Å². The van der Waals surface area contributed by atoms with Crippen LogP contribution in [0.4, 0.5) is 0 Å². The summed E-state index contributed by atoms with van der Waals surface area (Å²) in [5.41, 5.74) is 0. The van der Waals surface area contributed by atoms with Crippen LogP contribution in [-0.2, 0) is 0 Å². The molecule has 0 heterocycles. The minimum atomic E-state index is 0. The molecule has 57 valence electrons. The van der Waals surface area contributed by atoms with E-state index in [2.05, 4.69) is 13.8 Å². The van der Waals surface area contributed by atoms with E-state index in [9.17, 15) is 0 Å². The van der Waals surface area contributed by atoms with Crippen molar-refractivity contribution >= 4 is 21.1 Å². The van der Waals surface area contributed by atoms with Gasteiger partial charge in [-0.1, -0.05) is 0 Å². The van der Waals surface area contributed by atoms with Crippen LogP contribution in [0.2, 0.25) is 8.87 Å². The maximum Gasteiger partial charge on any atom is 0 e. The fourth-order valence-corrected chi connectivity index (χ4v) is 4.89. The van der Waals surface area contributed by atoms with Gasteiger partial charge in [-0.15, -0.1) is 0 Å². The number of rotatable bonds is 6. The standard InChI is InChI=1S/2C4H9.La.Sn/c2*1-3-4-2;;/h2*1,3-4H2,2H3;;. The third-order valence-electron chi connectivity index (χ3n) is 1.41. The van der Waals surface area contributed by atoms with Gasteiger partial charge in [-0.25, -0.2) is 0 Å². The summed E-state index contributed by atoms with van der Waals surface area (Å²) in [4.78, 5) is 0. The first-order valence-electron chi connectivity index (χ1n) is 4.12. The number of hydrogen-bond acceptors (Lipinski definition) is 0. The molecule has 10 heavy (non-hydrogen) atoms. The van der Waals surface area contributed by atoms with Crippen LogP contribution in [0.1, 0.15) is 39.5 Å². The van der Waals surface area contributed by atoms with Crippen molar-refractivity contribution in [2.24, 2.45) is 0 Å². The molecule has 0 aliphatic rings. The molecule has 0 nitrogen and oxygen atoms in total. The number of unbranched alkanes of at least 4 members (excludes halogenated alkanes) is 2. The molecule has 0 atom stereocenters. The Morgan fingerprint density at radius 2 is 1.30 bits per heavy atom. The largest absolute Gasteiger partial charge is 0 e. The maximum absolute atomic E-state index is 2.29. The first-order valence-corrected chi connectivity index (χ1v) is 8.16. The van der Waals surface area contributed by atoms with E-state index in [4.69, 9.17) is 0 Å². The van der Waals surface area contributed by atoms with Gasteiger partial charge in [0.1, 0.15) is 0 Å². The Balaban J connectivity index is 0. The second-order valence-corrected chi connectivity index (χ2v) is 6.74. The molecule has 0 bridgehead atoms. The molecule has 0 aliphatic heterocycles. The molecule has 0 saturated carbocycles. The number of hydrogen-bond donors (Lipinski definition) is 0. The van der Waals surface area contributed by atoms with Crippen LogP contribution in [-0.4, -0.2) is 21.1 Å². The molecule has 0 aromatic heterocycles. The predicted molar refractivity (Wildman–Crippen MR) is 45.2 cm³/mol. The van der Waals surface area contributed by atoms with E-state index < -0.39 is 0 Å². The third-order valence-corrected chi connectivity index (χ3v) is 5.45. The van der Waals surface area contributed by atoms with E-state index in [1.807, 2.05) is 0 Å². The normalized spacial score (nSPS) is 9.00. The monoisotopic (exact) mass is 373 g/mol. The Bertz CT molecular complexity index is 42.5. The van der Waals surface area contributed by atoms with Gasteiger partial charge >= 0.3 is 69.5 Å². The fourth-order valence-electron chi connectivity index (χ4n) is 0.729. The summed E-state index contributed by atoms with van der Waals surface area (Å²) in [6, 6.07) is 0. The Labute approximate surface area is 104 Å². The minimum absolute atomic E-state index is 0. The van der Waals surface area contributed by atoms with Crippen LogP contribution < -0.4 is 0 Å². The van der Waals surface area contributed by atoms with Crippen molar-refractivity contribution in [3.05, 3.63) is 0 Å². The fraction of sp³-hybridized carbons (Fsp3) is 1.00. The average molecular weight is 372 g/mol. The van der Waals surface area contributed by atoms with Crippen LogP contribution in [0, 0.1) is 35.6 Å². The van der Waals surface area contributed by atoms with Crippen molar-refractivity contribution < 1.29 is 35.6 Å². The Hall–Kier alpha value is 1.99. The van der Waals surface area contributed by atoms with Gasteiger partial charge in [0, 0.05) is 35.6 Å². The molecule has 0 fully saturated rings. The molecular weight excluding hydrogens is 354 g/mol. The van der Waals surface area contributed by atoms with Crippen LogP contribution >= 0.6 is 0 Å².